The van der Waals surface area contributed by atoms with Crippen LogP contribution in [0.15, 0.2) is 23.1 Å². The van der Waals surface area contributed by atoms with Crippen molar-refractivity contribution in [3.63, 3.8) is 0 Å². The Morgan fingerprint density at radius 2 is 2.15 bits per heavy atom. The minimum atomic E-state index is -3.84. The van der Waals surface area contributed by atoms with Gasteiger partial charge in [-0.1, -0.05) is 0 Å². The Kier molecular flexibility index (Phi) is 3.94. The fourth-order valence-corrected chi connectivity index (χ4v) is 3.86. The van der Waals surface area contributed by atoms with Crippen LogP contribution >= 0.6 is 11.8 Å². The number of anilines is 1. The molecule has 1 aliphatic rings. The maximum Gasteiger partial charge on any atom is 0.270 e. The van der Waals surface area contributed by atoms with Crippen molar-refractivity contribution in [1.29, 1.82) is 0 Å². The number of thioether (sulfide) groups is 1. The molecule has 0 spiro atoms. The second-order valence-corrected chi connectivity index (χ2v) is 7.70. The lowest BCUT2D eigenvalue weighted by molar-refractivity contribution is -0.385. The zero-order chi connectivity index (χ0) is 15.0. The number of hydrogen-bond acceptors (Lipinski definition) is 6. The molecule has 1 aromatic carbocycles. The van der Waals surface area contributed by atoms with Crippen LogP contribution in [0.5, 0.6) is 0 Å². The summed E-state index contributed by atoms with van der Waals surface area (Å²) >= 11 is 1.62. The van der Waals surface area contributed by atoms with Gasteiger partial charge in [-0.3, -0.25) is 10.1 Å². The number of sulfonamides is 1. The zero-order valence-corrected chi connectivity index (χ0v) is 12.5. The van der Waals surface area contributed by atoms with Gasteiger partial charge in [0.15, 0.2) is 0 Å². The Balaban J connectivity index is 2.24. The summed E-state index contributed by atoms with van der Waals surface area (Å²) in [6.45, 7) is 0.304. The van der Waals surface area contributed by atoms with Crippen LogP contribution < -0.4 is 10.5 Å². The summed E-state index contributed by atoms with van der Waals surface area (Å²) in [7, 11) is -3.84. The smallest absolute Gasteiger partial charge is 0.270 e. The van der Waals surface area contributed by atoms with Crippen LogP contribution in [0.3, 0.4) is 0 Å². The van der Waals surface area contributed by atoms with Crippen molar-refractivity contribution in [2.24, 2.45) is 0 Å². The number of benzene rings is 1. The molecule has 7 nitrogen and oxygen atoms in total. The monoisotopic (exact) mass is 317 g/mol. The number of nitrogens with zero attached hydrogens (tertiary/aromatic N) is 1. The molecule has 1 aromatic rings. The molecule has 110 valence electrons. The molecule has 0 radical (unpaired) electrons. The van der Waals surface area contributed by atoms with Crippen molar-refractivity contribution in [3.8, 4) is 0 Å². The minimum Gasteiger partial charge on any atom is -0.398 e. The third kappa shape index (κ3) is 3.05. The molecule has 0 heterocycles. The second-order valence-electron chi connectivity index (χ2n) is 4.69. The first-order valence-corrected chi connectivity index (χ1v) is 8.59. The Hall–Kier alpha value is -1.32. The molecule has 0 amide bonds. The lowest BCUT2D eigenvalue weighted by Gasteiger charge is -2.14. The summed E-state index contributed by atoms with van der Waals surface area (Å²) in [5, 5.41) is 10.7. The zero-order valence-electron chi connectivity index (χ0n) is 10.8. The summed E-state index contributed by atoms with van der Waals surface area (Å²) in [5.74, 6) is 0. The van der Waals surface area contributed by atoms with Crippen LogP contribution in [0, 0.1) is 10.1 Å². The summed E-state index contributed by atoms with van der Waals surface area (Å²) in [5.41, 5.74) is 5.31. The van der Waals surface area contributed by atoms with E-state index in [1.54, 1.807) is 11.8 Å². The van der Waals surface area contributed by atoms with Crippen LogP contribution in [0.1, 0.15) is 12.8 Å². The van der Waals surface area contributed by atoms with Gasteiger partial charge in [0.05, 0.1) is 10.6 Å². The van der Waals surface area contributed by atoms with Crippen LogP contribution in [0.4, 0.5) is 11.4 Å². The molecular formula is C11H15N3O4S2. The summed E-state index contributed by atoms with van der Waals surface area (Å²) < 4.78 is 26.8. The highest BCUT2D eigenvalue weighted by Gasteiger charge is 2.42. The molecule has 0 bridgehead atoms. The van der Waals surface area contributed by atoms with E-state index in [4.69, 9.17) is 5.73 Å². The van der Waals surface area contributed by atoms with Crippen molar-refractivity contribution in [2.45, 2.75) is 22.5 Å². The molecule has 9 heteroatoms. The first kappa shape index (κ1) is 15.1. The van der Waals surface area contributed by atoms with E-state index in [1.165, 1.54) is 12.1 Å². The predicted octanol–water partition coefficient (Wildman–Crippen LogP) is 1.35. The first-order valence-electron chi connectivity index (χ1n) is 5.88. The number of nitrogen functional groups attached to an aromatic ring is 1. The molecule has 1 aliphatic carbocycles. The molecule has 20 heavy (non-hydrogen) atoms. The molecule has 1 fully saturated rings. The molecule has 0 aromatic heterocycles. The Morgan fingerprint density at radius 3 is 2.65 bits per heavy atom. The Morgan fingerprint density at radius 1 is 1.50 bits per heavy atom. The van der Waals surface area contributed by atoms with E-state index < -0.39 is 14.9 Å². The van der Waals surface area contributed by atoms with Crippen molar-refractivity contribution >= 4 is 33.2 Å². The molecule has 0 atom stereocenters. The van der Waals surface area contributed by atoms with Gasteiger partial charge in [0, 0.05) is 23.4 Å². The molecule has 2 rings (SSSR count). The largest absolute Gasteiger partial charge is 0.398 e. The van der Waals surface area contributed by atoms with E-state index in [2.05, 4.69) is 4.72 Å². The highest BCUT2D eigenvalue weighted by Crippen LogP contribution is 2.46. The second kappa shape index (κ2) is 5.23. The Bertz CT molecular complexity index is 641. The predicted molar refractivity (Wildman–Crippen MR) is 78.2 cm³/mol. The topological polar surface area (TPSA) is 115 Å². The summed E-state index contributed by atoms with van der Waals surface area (Å²) in [4.78, 5) is 9.81. The third-order valence-electron chi connectivity index (χ3n) is 3.32. The van der Waals surface area contributed by atoms with Gasteiger partial charge in [0.1, 0.15) is 4.90 Å². The number of nitrogens with two attached hydrogens (primary N) is 1. The fraction of sp³-hybridized carbons (Fsp3) is 0.455. The van der Waals surface area contributed by atoms with Crippen LogP contribution in [-0.2, 0) is 10.0 Å². The highest BCUT2D eigenvalue weighted by atomic mass is 32.2. The van der Waals surface area contributed by atoms with E-state index in [1.807, 2.05) is 6.26 Å². The van der Waals surface area contributed by atoms with Gasteiger partial charge in [0.2, 0.25) is 10.0 Å². The fourth-order valence-electron chi connectivity index (χ4n) is 1.77. The summed E-state index contributed by atoms with van der Waals surface area (Å²) in [6, 6.07) is 3.39. The van der Waals surface area contributed by atoms with Crippen molar-refractivity contribution in [3.05, 3.63) is 28.3 Å². The minimum absolute atomic E-state index is 0.00269. The number of nitro benzene ring substituents is 1. The van der Waals surface area contributed by atoms with Gasteiger partial charge in [-0.25, -0.2) is 13.1 Å². The molecular weight excluding hydrogens is 302 g/mol. The van der Waals surface area contributed by atoms with Gasteiger partial charge >= 0.3 is 0 Å². The molecule has 1 saturated carbocycles. The van der Waals surface area contributed by atoms with Crippen molar-refractivity contribution in [1.82, 2.24) is 4.72 Å². The van der Waals surface area contributed by atoms with E-state index in [9.17, 15) is 18.5 Å². The van der Waals surface area contributed by atoms with Crippen molar-refractivity contribution in [2.75, 3.05) is 18.5 Å². The van der Waals surface area contributed by atoms with Crippen LogP contribution in [0.25, 0.3) is 0 Å². The number of nitro groups is 1. The van der Waals surface area contributed by atoms with E-state index in [-0.39, 0.29) is 21.0 Å². The van der Waals surface area contributed by atoms with Gasteiger partial charge in [0.25, 0.3) is 5.69 Å². The molecule has 0 unspecified atom stereocenters. The number of non-ortho nitro benzene ring substituents is 1. The third-order valence-corrected chi connectivity index (χ3v) is 6.20. The first-order chi connectivity index (χ1) is 9.30. The lowest BCUT2D eigenvalue weighted by Crippen LogP contribution is -2.32. The maximum absolute atomic E-state index is 12.2. The number of rotatable bonds is 6. The normalized spacial score (nSPS) is 16.9. The molecule has 3 N–H and O–H groups in total. The molecule has 0 saturated heterocycles. The lowest BCUT2D eigenvalue weighted by atomic mass is 10.3. The van der Waals surface area contributed by atoms with E-state index >= 15 is 0 Å². The standard InChI is InChI=1S/C11H15N3O4S2/c1-19-11(4-5-11)7-13-20(17,18)10-6-8(14(15)16)2-3-9(10)12/h2-3,6,13H,4-5,7,12H2,1H3. The van der Waals surface area contributed by atoms with Crippen molar-refractivity contribution < 1.29 is 13.3 Å². The maximum atomic E-state index is 12.2. The average Bonchev–Trinajstić information content (AvgIpc) is 3.17. The van der Waals surface area contributed by atoms with Gasteiger partial charge in [-0.05, 0) is 25.2 Å². The highest BCUT2D eigenvalue weighted by molar-refractivity contribution is 8.00. The van der Waals surface area contributed by atoms with Crippen LogP contribution in [-0.4, -0.2) is 30.9 Å². The van der Waals surface area contributed by atoms with Gasteiger partial charge < -0.3 is 5.73 Å². The van der Waals surface area contributed by atoms with E-state index in [0.29, 0.717) is 6.54 Å². The van der Waals surface area contributed by atoms with Crippen LogP contribution in [0.2, 0.25) is 0 Å². The van der Waals surface area contributed by atoms with Gasteiger partial charge in [-0.2, -0.15) is 11.8 Å². The quantitative estimate of drug-likeness (QED) is 0.465. The number of nitrogens with one attached hydrogen (secondary N) is 1. The summed E-state index contributed by atoms with van der Waals surface area (Å²) in [6.07, 6.45) is 3.85. The Labute approximate surface area is 121 Å². The van der Waals surface area contributed by atoms with E-state index in [0.717, 1.165) is 18.9 Å². The molecule has 0 aliphatic heterocycles. The SMILES string of the molecule is CSC1(CNS(=O)(=O)c2cc([N+](=O)[O-])ccc2N)CC1. The van der Waals surface area contributed by atoms with Gasteiger partial charge in [-0.15, -0.1) is 0 Å². The average molecular weight is 317 g/mol. The number of hydrogen-bond donors (Lipinski definition) is 2.